The average Bonchev–Trinajstić information content (AvgIpc) is 3.28. The van der Waals surface area contributed by atoms with Crippen molar-refractivity contribution in [1.29, 1.82) is 0 Å². The molecule has 0 saturated heterocycles. The largest absolute Gasteiger partial charge is 0.345 e. The predicted molar refractivity (Wildman–Crippen MR) is 90.8 cm³/mol. The standard InChI is InChI=1S/C18H14FN5O2/c1-11-3-2-4-15-21-14(10-24(11)15)18-22-16(23-26-18)17(25)20-9-12-5-7-13(19)8-6-12/h2-8,10H,9H2,1H3,(H,20,25). The summed E-state index contributed by atoms with van der Waals surface area (Å²) in [5, 5.41) is 6.37. The maximum absolute atomic E-state index is 12.9. The van der Waals surface area contributed by atoms with Crippen molar-refractivity contribution in [3.05, 3.63) is 71.6 Å². The molecule has 1 amide bonds. The molecule has 8 heteroatoms. The first-order valence-corrected chi connectivity index (χ1v) is 7.91. The van der Waals surface area contributed by atoms with E-state index in [2.05, 4.69) is 20.4 Å². The molecular formula is C18H14FN5O2. The molecule has 130 valence electrons. The third kappa shape index (κ3) is 3.04. The smallest absolute Gasteiger partial charge is 0.292 e. The molecule has 7 nitrogen and oxygen atoms in total. The Morgan fingerprint density at radius 1 is 1.19 bits per heavy atom. The van der Waals surface area contributed by atoms with Crippen LogP contribution in [0.4, 0.5) is 4.39 Å². The fourth-order valence-corrected chi connectivity index (χ4v) is 2.53. The van der Waals surface area contributed by atoms with E-state index in [1.54, 1.807) is 18.3 Å². The van der Waals surface area contributed by atoms with Gasteiger partial charge in [0.15, 0.2) is 0 Å². The fourth-order valence-electron chi connectivity index (χ4n) is 2.53. The lowest BCUT2D eigenvalue weighted by Crippen LogP contribution is -2.23. The number of pyridine rings is 1. The van der Waals surface area contributed by atoms with E-state index in [9.17, 15) is 9.18 Å². The topological polar surface area (TPSA) is 85.3 Å². The summed E-state index contributed by atoms with van der Waals surface area (Å²) >= 11 is 0. The van der Waals surface area contributed by atoms with Gasteiger partial charge in [0.05, 0.1) is 0 Å². The highest BCUT2D eigenvalue weighted by atomic mass is 19.1. The summed E-state index contributed by atoms with van der Waals surface area (Å²) in [5.74, 6) is -0.731. The number of rotatable bonds is 4. The molecule has 4 rings (SSSR count). The number of amides is 1. The van der Waals surface area contributed by atoms with Crippen LogP contribution in [0, 0.1) is 12.7 Å². The van der Waals surface area contributed by atoms with E-state index < -0.39 is 5.91 Å². The normalized spacial score (nSPS) is 11.0. The van der Waals surface area contributed by atoms with Crippen molar-refractivity contribution in [1.82, 2.24) is 24.8 Å². The first-order valence-electron chi connectivity index (χ1n) is 7.91. The number of fused-ring (bicyclic) bond motifs is 1. The number of imidazole rings is 1. The Hall–Kier alpha value is -3.55. The van der Waals surface area contributed by atoms with Crippen molar-refractivity contribution in [3.63, 3.8) is 0 Å². The van der Waals surface area contributed by atoms with Crippen molar-refractivity contribution in [3.8, 4) is 11.6 Å². The highest BCUT2D eigenvalue weighted by Crippen LogP contribution is 2.18. The molecule has 0 aliphatic rings. The molecule has 1 N–H and O–H groups in total. The zero-order chi connectivity index (χ0) is 18.1. The van der Waals surface area contributed by atoms with Gasteiger partial charge >= 0.3 is 0 Å². The van der Waals surface area contributed by atoms with Gasteiger partial charge in [-0.25, -0.2) is 9.37 Å². The zero-order valence-electron chi connectivity index (χ0n) is 13.8. The van der Waals surface area contributed by atoms with Crippen molar-refractivity contribution in [2.24, 2.45) is 0 Å². The van der Waals surface area contributed by atoms with Crippen LogP contribution in [0.3, 0.4) is 0 Å². The van der Waals surface area contributed by atoms with Crippen LogP contribution in [-0.2, 0) is 6.54 Å². The second-order valence-corrected chi connectivity index (χ2v) is 5.75. The number of carbonyl (C=O) groups excluding carboxylic acids is 1. The van der Waals surface area contributed by atoms with Crippen molar-refractivity contribution in [2.75, 3.05) is 0 Å². The Bertz CT molecular complexity index is 1080. The van der Waals surface area contributed by atoms with Gasteiger partial charge in [-0.05, 0) is 36.8 Å². The molecule has 4 aromatic rings. The maximum atomic E-state index is 12.9. The SMILES string of the molecule is Cc1cccc2nc(-c3nc(C(=O)NCc4ccc(F)cc4)no3)cn12. The molecule has 0 spiro atoms. The second-order valence-electron chi connectivity index (χ2n) is 5.75. The van der Waals surface area contributed by atoms with Crippen LogP contribution >= 0.6 is 0 Å². The summed E-state index contributed by atoms with van der Waals surface area (Å²) in [6.45, 7) is 2.19. The van der Waals surface area contributed by atoms with Crippen LogP contribution in [0.25, 0.3) is 17.2 Å². The van der Waals surface area contributed by atoms with E-state index in [0.29, 0.717) is 5.69 Å². The van der Waals surface area contributed by atoms with Gasteiger partial charge in [0.1, 0.15) is 17.2 Å². The Balaban J connectivity index is 1.50. The second kappa shape index (κ2) is 6.40. The minimum absolute atomic E-state index is 0.0871. The summed E-state index contributed by atoms with van der Waals surface area (Å²) in [4.78, 5) is 20.7. The van der Waals surface area contributed by atoms with Gasteiger partial charge in [-0.3, -0.25) is 4.79 Å². The number of benzene rings is 1. The molecule has 0 bridgehead atoms. The molecule has 0 aliphatic carbocycles. The molecular weight excluding hydrogens is 337 g/mol. The Morgan fingerprint density at radius 3 is 2.77 bits per heavy atom. The number of aromatic nitrogens is 4. The van der Waals surface area contributed by atoms with Crippen LogP contribution < -0.4 is 5.32 Å². The predicted octanol–water partition coefficient (Wildman–Crippen LogP) is 2.76. The van der Waals surface area contributed by atoms with Gasteiger partial charge in [0.2, 0.25) is 0 Å². The van der Waals surface area contributed by atoms with Gasteiger partial charge in [0, 0.05) is 18.4 Å². The lowest BCUT2D eigenvalue weighted by Gasteiger charge is -2.02. The van der Waals surface area contributed by atoms with E-state index >= 15 is 0 Å². The number of halogens is 1. The maximum Gasteiger partial charge on any atom is 0.292 e. The molecule has 0 radical (unpaired) electrons. The third-order valence-electron chi connectivity index (χ3n) is 3.91. The number of aryl methyl sites for hydroxylation is 1. The Kier molecular flexibility index (Phi) is 3.92. The Morgan fingerprint density at radius 2 is 2.00 bits per heavy atom. The minimum atomic E-state index is -0.482. The van der Waals surface area contributed by atoms with Crippen molar-refractivity contribution in [2.45, 2.75) is 13.5 Å². The number of nitrogens with zero attached hydrogens (tertiary/aromatic N) is 4. The fraction of sp³-hybridized carbons (Fsp3) is 0.111. The molecule has 0 unspecified atom stereocenters. The van der Waals surface area contributed by atoms with Crippen LogP contribution in [0.15, 0.2) is 53.2 Å². The number of hydrogen-bond acceptors (Lipinski definition) is 5. The van der Waals surface area contributed by atoms with Crippen LogP contribution in [-0.4, -0.2) is 25.4 Å². The highest BCUT2D eigenvalue weighted by Gasteiger charge is 2.17. The summed E-state index contributed by atoms with van der Waals surface area (Å²) in [6.07, 6.45) is 1.78. The third-order valence-corrected chi connectivity index (χ3v) is 3.91. The van der Waals surface area contributed by atoms with Gasteiger partial charge in [-0.1, -0.05) is 23.4 Å². The molecule has 3 heterocycles. The van der Waals surface area contributed by atoms with Crippen LogP contribution in [0.1, 0.15) is 21.9 Å². The first kappa shape index (κ1) is 15.9. The summed E-state index contributed by atoms with van der Waals surface area (Å²) in [6, 6.07) is 11.6. The number of nitrogens with one attached hydrogen (secondary N) is 1. The molecule has 0 aliphatic heterocycles. The average molecular weight is 351 g/mol. The van der Waals surface area contributed by atoms with E-state index in [1.165, 1.54) is 12.1 Å². The first-order chi connectivity index (χ1) is 12.6. The summed E-state index contributed by atoms with van der Waals surface area (Å²) in [5.41, 5.74) is 3.02. The van der Waals surface area contributed by atoms with Crippen molar-refractivity contribution < 1.29 is 13.7 Å². The molecule has 26 heavy (non-hydrogen) atoms. The number of hydrogen-bond donors (Lipinski definition) is 1. The van der Waals surface area contributed by atoms with E-state index in [4.69, 9.17) is 4.52 Å². The Labute approximate surface area is 147 Å². The van der Waals surface area contributed by atoms with Gasteiger partial charge in [-0.15, -0.1) is 0 Å². The lowest BCUT2D eigenvalue weighted by molar-refractivity contribution is 0.0937. The molecule has 0 saturated carbocycles. The minimum Gasteiger partial charge on any atom is -0.345 e. The van der Waals surface area contributed by atoms with Gasteiger partial charge in [-0.2, -0.15) is 4.98 Å². The van der Waals surface area contributed by atoms with Gasteiger partial charge < -0.3 is 14.2 Å². The van der Waals surface area contributed by atoms with Crippen LogP contribution in [0.5, 0.6) is 0 Å². The van der Waals surface area contributed by atoms with Crippen LogP contribution in [0.2, 0.25) is 0 Å². The number of carbonyl (C=O) groups is 1. The molecule has 0 fully saturated rings. The molecule has 0 atom stereocenters. The quantitative estimate of drug-likeness (QED) is 0.611. The zero-order valence-corrected chi connectivity index (χ0v) is 13.8. The van der Waals surface area contributed by atoms with Crippen molar-refractivity contribution >= 4 is 11.6 Å². The lowest BCUT2D eigenvalue weighted by atomic mass is 10.2. The van der Waals surface area contributed by atoms with E-state index in [-0.39, 0.29) is 24.1 Å². The summed E-state index contributed by atoms with van der Waals surface area (Å²) < 4.78 is 19.9. The van der Waals surface area contributed by atoms with E-state index in [1.807, 2.05) is 29.5 Å². The van der Waals surface area contributed by atoms with Gasteiger partial charge in [0.25, 0.3) is 17.6 Å². The molecule has 3 aromatic heterocycles. The summed E-state index contributed by atoms with van der Waals surface area (Å²) in [7, 11) is 0. The highest BCUT2D eigenvalue weighted by molar-refractivity contribution is 5.90. The molecule has 1 aromatic carbocycles. The van der Waals surface area contributed by atoms with E-state index in [0.717, 1.165) is 16.9 Å². The monoisotopic (exact) mass is 351 g/mol.